The van der Waals surface area contributed by atoms with Gasteiger partial charge in [0.2, 0.25) is 0 Å². The molecule has 0 saturated carbocycles. The molecule has 0 aliphatic rings. The Bertz CT molecular complexity index is 443. The number of amides is 2. The number of nitrogens with zero attached hydrogens (tertiary/aromatic N) is 2. The molecule has 19 heavy (non-hydrogen) atoms. The van der Waals surface area contributed by atoms with Gasteiger partial charge < -0.3 is 10.0 Å². The summed E-state index contributed by atoms with van der Waals surface area (Å²) in [6.45, 7) is 4.62. The largest absolute Gasteiger partial charge is 0.481 e. The number of benzene rings is 1. The van der Waals surface area contributed by atoms with Crippen molar-refractivity contribution in [3.63, 3.8) is 0 Å². The van der Waals surface area contributed by atoms with Crippen LogP contribution in [0.4, 0.5) is 10.5 Å². The van der Waals surface area contributed by atoms with Crippen LogP contribution >= 0.6 is 0 Å². The topological polar surface area (TPSA) is 60.9 Å². The van der Waals surface area contributed by atoms with E-state index < -0.39 is 5.97 Å². The Balaban J connectivity index is 2.76. The van der Waals surface area contributed by atoms with Gasteiger partial charge in [0, 0.05) is 25.8 Å². The summed E-state index contributed by atoms with van der Waals surface area (Å²) in [5.41, 5.74) is 1.95. The highest BCUT2D eigenvalue weighted by atomic mass is 16.4. The van der Waals surface area contributed by atoms with E-state index in [1.54, 1.807) is 11.9 Å². The maximum absolute atomic E-state index is 12.2. The first-order valence-electron chi connectivity index (χ1n) is 6.26. The maximum Gasteiger partial charge on any atom is 0.324 e. The minimum atomic E-state index is -0.905. The fourth-order valence-electron chi connectivity index (χ4n) is 1.72. The summed E-state index contributed by atoms with van der Waals surface area (Å²) in [4.78, 5) is 25.8. The van der Waals surface area contributed by atoms with Crippen LogP contribution in [0.25, 0.3) is 0 Å². The molecule has 1 aromatic carbocycles. The van der Waals surface area contributed by atoms with Gasteiger partial charge in [0.05, 0.1) is 6.42 Å². The molecular formula is C14H20N2O3. The highest BCUT2D eigenvalue weighted by Crippen LogP contribution is 2.16. The standard InChI is InChI=1S/C14H20N2O3/c1-4-16(12-7-5-11(2)6-8-12)14(19)15(3)10-9-13(17)18/h5-8H,4,9-10H2,1-3H3,(H,17,18). The van der Waals surface area contributed by atoms with E-state index in [1.807, 2.05) is 38.1 Å². The maximum atomic E-state index is 12.2. The summed E-state index contributed by atoms with van der Waals surface area (Å²) >= 11 is 0. The van der Waals surface area contributed by atoms with Crippen molar-refractivity contribution in [3.05, 3.63) is 29.8 Å². The van der Waals surface area contributed by atoms with Gasteiger partial charge >= 0.3 is 12.0 Å². The average molecular weight is 264 g/mol. The Hall–Kier alpha value is -2.04. The summed E-state index contributed by atoms with van der Waals surface area (Å²) in [5, 5.41) is 8.64. The molecule has 0 aromatic heterocycles. The fourth-order valence-corrected chi connectivity index (χ4v) is 1.72. The van der Waals surface area contributed by atoms with E-state index in [-0.39, 0.29) is 19.0 Å². The van der Waals surface area contributed by atoms with Crippen molar-refractivity contribution in [1.82, 2.24) is 4.90 Å². The molecule has 0 radical (unpaired) electrons. The minimum absolute atomic E-state index is 0.0479. The Morgan fingerprint density at radius 1 is 1.21 bits per heavy atom. The number of aliphatic carboxylic acids is 1. The number of rotatable bonds is 5. The van der Waals surface area contributed by atoms with E-state index in [4.69, 9.17) is 5.11 Å². The number of hydrogen-bond acceptors (Lipinski definition) is 2. The second kappa shape index (κ2) is 6.78. The molecule has 0 heterocycles. The molecule has 5 nitrogen and oxygen atoms in total. The van der Waals surface area contributed by atoms with E-state index in [0.717, 1.165) is 11.3 Å². The molecule has 104 valence electrons. The molecule has 0 spiro atoms. The molecule has 0 aliphatic carbocycles. The Morgan fingerprint density at radius 3 is 2.26 bits per heavy atom. The molecule has 1 N–H and O–H groups in total. The molecule has 0 aliphatic heterocycles. The van der Waals surface area contributed by atoms with E-state index in [1.165, 1.54) is 4.90 Å². The first-order chi connectivity index (χ1) is 8.95. The number of carboxylic acids is 1. The predicted molar refractivity (Wildman–Crippen MR) is 74.5 cm³/mol. The highest BCUT2D eigenvalue weighted by Gasteiger charge is 2.18. The van der Waals surface area contributed by atoms with Crippen LogP contribution in [0.2, 0.25) is 0 Å². The normalized spacial score (nSPS) is 10.1. The van der Waals surface area contributed by atoms with Crippen molar-refractivity contribution >= 4 is 17.7 Å². The lowest BCUT2D eigenvalue weighted by molar-refractivity contribution is -0.137. The molecule has 0 atom stereocenters. The van der Waals surface area contributed by atoms with Crippen LogP contribution in [0.5, 0.6) is 0 Å². The van der Waals surface area contributed by atoms with Gasteiger partial charge in [-0.3, -0.25) is 9.69 Å². The van der Waals surface area contributed by atoms with Crippen LogP contribution < -0.4 is 4.90 Å². The van der Waals surface area contributed by atoms with E-state index >= 15 is 0 Å². The number of carbonyl (C=O) groups excluding carboxylic acids is 1. The number of hydrogen-bond donors (Lipinski definition) is 1. The summed E-state index contributed by atoms with van der Waals surface area (Å²) < 4.78 is 0. The summed E-state index contributed by atoms with van der Waals surface area (Å²) in [5.74, 6) is -0.905. The van der Waals surface area contributed by atoms with Crippen LogP contribution in [0, 0.1) is 6.92 Å². The van der Waals surface area contributed by atoms with Crippen molar-refractivity contribution in [1.29, 1.82) is 0 Å². The molecule has 2 amide bonds. The quantitative estimate of drug-likeness (QED) is 0.888. The fraction of sp³-hybridized carbons (Fsp3) is 0.429. The lowest BCUT2D eigenvalue weighted by Gasteiger charge is -2.27. The second-order valence-corrected chi connectivity index (χ2v) is 4.43. The average Bonchev–Trinajstić information content (AvgIpc) is 2.38. The van der Waals surface area contributed by atoms with Gasteiger partial charge in [0.25, 0.3) is 0 Å². The van der Waals surface area contributed by atoms with Crippen molar-refractivity contribution in [2.75, 3.05) is 25.0 Å². The third-order valence-electron chi connectivity index (χ3n) is 2.88. The lowest BCUT2D eigenvalue weighted by Crippen LogP contribution is -2.42. The second-order valence-electron chi connectivity index (χ2n) is 4.43. The third kappa shape index (κ3) is 4.28. The molecule has 0 saturated heterocycles. The summed E-state index contributed by atoms with van der Waals surface area (Å²) in [6, 6.07) is 7.49. The zero-order chi connectivity index (χ0) is 14.4. The Labute approximate surface area is 113 Å². The number of anilines is 1. The van der Waals surface area contributed by atoms with Crippen molar-refractivity contribution in [2.24, 2.45) is 0 Å². The molecular weight excluding hydrogens is 244 g/mol. The van der Waals surface area contributed by atoms with Gasteiger partial charge in [-0.2, -0.15) is 0 Å². The van der Waals surface area contributed by atoms with Gasteiger partial charge in [-0.1, -0.05) is 17.7 Å². The molecule has 0 fully saturated rings. The zero-order valence-electron chi connectivity index (χ0n) is 11.6. The number of aryl methyl sites for hydroxylation is 1. The van der Waals surface area contributed by atoms with Gasteiger partial charge in [0.15, 0.2) is 0 Å². The number of carboxylic acid groups (broad SMARTS) is 1. The first kappa shape index (κ1) is 15.0. The van der Waals surface area contributed by atoms with Gasteiger partial charge in [-0.25, -0.2) is 4.79 Å². The van der Waals surface area contributed by atoms with Crippen molar-refractivity contribution in [3.8, 4) is 0 Å². The van der Waals surface area contributed by atoms with Crippen LogP contribution in [0.1, 0.15) is 18.9 Å². The number of urea groups is 1. The highest BCUT2D eigenvalue weighted by molar-refractivity contribution is 5.92. The van der Waals surface area contributed by atoms with E-state index in [0.29, 0.717) is 6.54 Å². The van der Waals surface area contributed by atoms with Crippen LogP contribution in [0.3, 0.4) is 0 Å². The molecule has 0 bridgehead atoms. The zero-order valence-corrected chi connectivity index (χ0v) is 11.6. The summed E-state index contributed by atoms with van der Waals surface area (Å²) in [6.07, 6.45) is -0.0479. The van der Waals surface area contributed by atoms with Crippen LogP contribution in [0.15, 0.2) is 24.3 Å². The lowest BCUT2D eigenvalue weighted by atomic mass is 10.2. The van der Waals surface area contributed by atoms with Gasteiger partial charge in [0.1, 0.15) is 0 Å². The Morgan fingerprint density at radius 2 is 1.79 bits per heavy atom. The first-order valence-corrected chi connectivity index (χ1v) is 6.26. The molecule has 5 heteroatoms. The Kier molecular flexibility index (Phi) is 5.36. The number of carbonyl (C=O) groups is 2. The third-order valence-corrected chi connectivity index (χ3v) is 2.88. The van der Waals surface area contributed by atoms with Crippen LogP contribution in [-0.4, -0.2) is 42.1 Å². The SMILES string of the molecule is CCN(C(=O)N(C)CCC(=O)O)c1ccc(C)cc1. The predicted octanol–water partition coefficient (Wildman–Crippen LogP) is 2.35. The van der Waals surface area contributed by atoms with Gasteiger partial charge in [-0.05, 0) is 26.0 Å². The van der Waals surface area contributed by atoms with E-state index in [9.17, 15) is 9.59 Å². The van der Waals surface area contributed by atoms with E-state index in [2.05, 4.69) is 0 Å². The van der Waals surface area contributed by atoms with Crippen LogP contribution in [-0.2, 0) is 4.79 Å². The monoisotopic (exact) mass is 264 g/mol. The molecule has 0 unspecified atom stereocenters. The smallest absolute Gasteiger partial charge is 0.324 e. The van der Waals surface area contributed by atoms with Gasteiger partial charge in [-0.15, -0.1) is 0 Å². The van der Waals surface area contributed by atoms with Crippen molar-refractivity contribution < 1.29 is 14.7 Å². The van der Waals surface area contributed by atoms with Crippen molar-refractivity contribution in [2.45, 2.75) is 20.3 Å². The molecule has 1 rings (SSSR count). The molecule has 1 aromatic rings. The summed E-state index contributed by atoms with van der Waals surface area (Å²) in [7, 11) is 1.61. The minimum Gasteiger partial charge on any atom is -0.481 e.